The number of aliphatic imine (C=N–C) groups is 1. The minimum atomic E-state index is -4.40. The molecular weight excluding hydrogens is 461 g/mol. The molecule has 1 heterocycles. The van der Waals surface area contributed by atoms with Gasteiger partial charge in [0.2, 0.25) is 0 Å². The summed E-state index contributed by atoms with van der Waals surface area (Å²) < 4.78 is 44.8. The van der Waals surface area contributed by atoms with Gasteiger partial charge in [-0.2, -0.15) is 24.9 Å². The third kappa shape index (κ3) is 6.34. The first-order valence-electron chi connectivity index (χ1n) is 11.5. The van der Waals surface area contributed by atoms with E-state index in [1.807, 2.05) is 23.6 Å². The molecule has 0 radical (unpaired) electrons. The minimum Gasteiger partial charge on any atom is -0.493 e. The maximum absolute atomic E-state index is 13.4. The molecule has 0 aromatic heterocycles. The fraction of sp³-hybridized carbons (Fsp3) is 0.462. The van der Waals surface area contributed by atoms with Gasteiger partial charge in [0.1, 0.15) is 5.75 Å². The Hall–Kier alpha value is -2.48. The Balaban J connectivity index is 1.92. The van der Waals surface area contributed by atoms with E-state index in [2.05, 4.69) is 18.6 Å². The summed E-state index contributed by atoms with van der Waals surface area (Å²) in [5, 5.41) is 0. The summed E-state index contributed by atoms with van der Waals surface area (Å²) >= 11 is 1.94. The number of piperidine rings is 1. The van der Waals surface area contributed by atoms with Gasteiger partial charge in [-0.05, 0) is 84.9 Å². The van der Waals surface area contributed by atoms with E-state index >= 15 is 0 Å². The van der Waals surface area contributed by atoms with Gasteiger partial charge in [-0.15, -0.1) is 0 Å². The van der Waals surface area contributed by atoms with E-state index in [-0.39, 0.29) is 12.5 Å². The Kier molecular flexibility index (Phi) is 9.05. The van der Waals surface area contributed by atoms with Crippen LogP contribution in [0.25, 0.3) is 11.1 Å². The Bertz CT molecular complexity index is 985. The quantitative estimate of drug-likeness (QED) is 0.372. The molecule has 1 aliphatic heterocycles. The highest BCUT2D eigenvalue weighted by molar-refractivity contribution is 7.99. The third-order valence-corrected chi connectivity index (χ3v) is 7.12. The highest BCUT2D eigenvalue weighted by Crippen LogP contribution is 2.36. The molecule has 1 fully saturated rings. The van der Waals surface area contributed by atoms with Gasteiger partial charge >= 0.3 is 6.18 Å². The number of carbonyl (C=O) groups excluding carboxylic acids is 1. The van der Waals surface area contributed by atoms with Crippen molar-refractivity contribution in [1.29, 1.82) is 0 Å². The summed E-state index contributed by atoms with van der Waals surface area (Å²) in [5.74, 6) is 3.19. The first-order valence-corrected chi connectivity index (χ1v) is 12.7. The number of amides is 1. The van der Waals surface area contributed by atoms with Gasteiger partial charge in [-0.3, -0.25) is 9.79 Å². The molecule has 184 valence electrons. The SMILES string of the molecule is C=NCc1cc(C(=O)N2CCC(CSCC)CC2)c(OCC)cc1-c1ccc(C(F)(F)F)cc1. The molecule has 1 aliphatic rings. The van der Waals surface area contributed by atoms with Gasteiger partial charge in [0.15, 0.2) is 0 Å². The fourth-order valence-corrected chi connectivity index (χ4v) is 5.09. The van der Waals surface area contributed by atoms with E-state index in [4.69, 9.17) is 4.74 Å². The molecule has 2 aromatic rings. The average Bonchev–Trinajstić information content (AvgIpc) is 2.83. The van der Waals surface area contributed by atoms with Gasteiger partial charge in [-0.25, -0.2) is 0 Å². The fourth-order valence-electron chi connectivity index (χ4n) is 4.18. The number of benzene rings is 2. The summed E-state index contributed by atoms with van der Waals surface area (Å²) in [6.07, 6.45) is -2.44. The number of hydrogen-bond donors (Lipinski definition) is 0. The third-order valence-electron chi connectivity index (χ3n) is 6.00. The predicted octanol–water partition coefficient (Wildman–Crippen LogP) is 6.58. The largest absolute Gasteiger partial charge is 0.493 e. The molecule has 2 aromatic carbocycles. The summed E-state index contributed by atoms with van der Waals surface area (Å²) in [6, 6.07) is 8.47. The molecule has 0 spiro atoms. The number of alkyl halides is 3. The van der Waals surface area contributed by atoms with E-state index < -0.39 is 11.7 Å². The summed E-state index contributed by atoms with van der Waals surface area (Å²) in [7, 11) is 0. The topological polar surface area (TPSA) is 41.9 Å². The van der Waals surface area contributed by atoms with Gasteiger partial charge in [0.05, 0.1) is 24.3 Å². The van der Waals surface area contributed by atoms with Crippen molar-refractivity contribution in [3.8, 4) is 16.9 Å². The van der Waals surface area contributed by atoms with Crippen molar-refractivity contribution in [2.75, 3.05) is 31.2 Å². The number of likely N-dealkylation sites (tertiary alicyclic amines) is 1. The van der Waals surface area contributed by atoms with E-state index in [0.717, 1.165) is 42.0 Å². The van der Waals surface area contributed by atoms with Crippen molar-refractivity contribution in [3.05, 3.63) is 53.1 Å². The van der Waals surface area contributed by atoms with Crippen molar-refractivity contribution in [3.63, 3.8) is 0 Å². The van der Waals surface area contributed by atoms with Crippen molar-refractivity contribution < 1.29 is 22.7 Å². The van der Waals surface area contributed by atoms with Crippen LogP contribution in [0, 0.1) is 5.92 Å². The Morgan fingerprint density at radius 2 is 1.85 bits per heavy atom. The molecule has 3 rings (SSSR count). The van der Waals surface area contributed by atoms with E-state index in [1.165, 1.54) is 12.1 Å². The second kappa shape index (κ2) is 11.8. The maximum atomic E-state index is 13.4. The lowest BCUT2D eigenvalue weighted by Crippen LogP contribution is -2.39. The molecule has 0 aliphatic carbocycles. The van der Waals surface area contributed by atoms with Crippen LogP contribution < -0.4 is 4.74 Å². The number of thioether (sulfide) groups is 1. The maximum Gasteiger partial charge on any atom is 0.416 e. The monoisotopic (exact) mass is 492 g/mol. The van der Waals surface area contributed by atoms with Crippen LogP contribution >= 0.6 is 11.8 Å². The molecule has 4 nitrogen and oxygen atoms in total. The zero-order valence-corrected chi connectivity index (χ0v) is 20.5. The van der Waals surface area contributed by atoms with E-state index in [9.17, 15) is 18.0 Å². The first kappa shape index (κ1) is 26.1. The minimum absolute atomic E-state index is 0.0886. The number of nitrogens with zero attached hydrogens (tertiary/aromatic N) is 2. The zero-order valence-electron chi connectivity index (χ0n) is 19.7. The van der Waals surface area contributed by atoms with Crippen LogP contribution in [0.1, 0.15) is 48.2 Å². The molecule has 0 N–H and O–H groups in total. The second-order valence-corrected chi connectivity index (χ2v) is 9.61. The second-order valence-electron chi connectivity index (χ2n) is 8.29. The highest BCUT2D eigenvalue weighted by atomic mass is 32.2. The first-order chi connectivity index (χ1) is 16.3. The van der Waals surface area contributed by atoms with Crippen LogP contribution in [0.3, 0.4) is 0 Å². The van der Waals surface area contributed by atoms with Crippen LogP contribution in [0.15, 0.2) is 41.4 Å². The number of halogens is 3. The molecule has 1 amide bonds. The van der Waals surface area contributed by atoms with Gasteiger partial charge < -0.3 is 9.64 Å². The van der Waals surface area contributed by atoms with Crippen LogP contribution in [0.4, 0.5) is 13.2 Å². The summed E-state index contributed by atoms with van der Waals surface area (Å²) in [4.78, 5) is 19.3. The van der Waals surface area contributed by atoms with Crippen LogP contribution in [-0.2, 0) is 12.7 Å². The Morgan fingerprint density at radius 1 is 1.18 bits per heavy atom. The standard InChI is InChI=1S/C26H31F3N2O2S/c1-4-33-24-15-22(19-6-8-21(9-7-19)26(27,28)29)20(16-30-3)14-23(24)25(32)31-12-10-18(11-13-31)17-34-5-2/h6-9,14-15,18H,3-5,10-13,16-17H2,1-2H3. The number of carbonyl (C=O) groups is 1. The molecule has 0 saturated carbocycles. The number of rotatable bonds is 9. The van der Waals surface area contributed by atoms with Gasteiger partial charge in [0, 0.05) is 13.1 Å². The Labute approximate surface area is 203 Å². The lowest BCUT2D eigenvalue weighted by molar-refractivity contribution is -0.137. The molecule has 0 bridgehead atoms. The van der Waals surface area contributed by atoms with Crippen molar-refractivity contribution in [1.82, 2.24) is 4.90 Å². The summed E-state index contributed by atoms with van der Waals surface area (Å²) in [5.41, 5.74) is 1.74. The molecule has 0 unspecified atom stereocenters. The van der Waals surface area contributed by atoms with Gasteiger partial charge in [-0.1, -0.05) is 19.1 Å². The Morgan fingerprint density at radius 3 is 2.41 bits per heavy atom. The number of hydrogen-bond acceptors (Lipinski definition) is 4. The van der Waals surface area contributed by atoms with Crippen LogP contribution in [0.2, 0.25) is 0 Å². The van der Waals surface area contributed by atoms with Crippen molar-refractivity contribution in [2.45, 2.75) is 39.4 Å². The van der Waals surface area contributed by atoms with Crippen molar-refractivity contribution in [2.24, 2.45) is 10.9 Å². The van der Waals surface area contributed by atoms with Crippen molar-refractivity contribution >= 4 is 24.4 Å². The van der Waals surface area contributed by atoms with Gasteiger partial charge in [0.25, 0.3) is 5.91 Å². The average molecular weight is 493 g/mol. The number of ether oxygens (including phenoxy) is 1. The van der Waals surface area contributed by atoms with E-state index in [0.29, 0.717) is 48.1 Å². The molecule has 8 heteroatoms. The lowest BCUT2D eigenvalue weighted by atomic mass is 9.94. The highest BCUT2D eigenvalue weighted by Gasteiger charge is 2.30. The predicted molar refractivity (Wildman–Crippen MR) is 133 cm³/mol. The van der Waals surface area contributed by atoms with E-state index in [1.54, 1.807) is 12.1 Å². The summed E-state index contributed by atoms with van der Waals surface area (Å²) in [6.45, 7) is 9.56. The normalized spacial score (nSPS) is 14.8. The van der Waals surface area contributed by atoms with Crippen LogP contribution in [0.5, 0.6) is 5.75 Å². The molecule has 34 heavy (non-hydrogen) atoms. The smallest absolute Gasteiger partial charge is 0.416 e. The molecule has 0 atom stereocenters. The zero-order chi connectivity index (χ0) is 24.7. The lowest BCUT2D eigenvalue weighted by Gasteiger charge is -2.32. The molecule has 1 saturated heterocycles. The van der Waals surface area contributed by atoms with Crippen LogP contribution in [-0.4, -0.2) is 48.7 Å². The molecular formula is C26H31F3N2O2S.